The molecule has 0 saturated heterocycles. The van der Waals surface area contributed by atoms with Crippen molar-refractivity contribution in [2.45, 2.75) is 19.4 Å². The highest BCUT2D eigenvalue weighted by molar-refractivity contribution is 5.85. The molecular formula is C20H22N4O2. The van der Waals surface area contributed by atoms with Gasteiger partial charge in [0.2, 0.25) is 11.8 Å². The Morgan fingerprint density at radius 2 is 1.69 bits per heavy atom. The van der Waals surface area contributed by atoms with Gasteiger partial charge in [0.15, 0.2) is 0 Å². The summed E-state index contributed by atoms with van der Waals surface area (Å²) in [6.07, 6.45) is 2.89. The highest BCUT2D eigenvalue weighted by Gasteiger charge is 2.06. The first-order chi connectivity index (χ1) is 12.7. The summed E-state index contributed by atoms with van der Waals surface area (Å²) in [7, 11) is 0. The fraction of sp³-hybridized carbons (Fsp3) is 0.250. The van der Waals surface area contributed by atoms with Gasteiger partial charge in [-0.3, -0.25) is 9.59 Å². The van der Waals surface area contributed by atoms with Crippen molar-refractivity contribution in [1.82, 2.24) is 20.2 Å². The van der Waals surface area contributed by atoms with Crippen LogP contribution in [0, 0.1) is 0 Å². The molecule has 2 amide bonds. The average molecular weight is 350 g/mol. The third-order valence-corrected chi connectivity index (χ3v) is 4.08. The van der Waals surface area contributed by atoms with E-state index >= 15 is 0 Å². The van der Waals surface area contributed by atoms with Crippen LogP contribution in [0.4, 0.5) is 0 Å². The van der Waals surface area contributed by atoms with E-state index in [-0.39, 0.29) is 24.8 Å². The normalized spacial score (nSPS) is 10.6. The van der Waals surface area contributed by atoms with Gasteiger partial charge in [-0.1, -0.05) is 42.5 Å². The third-order valence-electron chi connectivity index (χ3n) is 4.08. The Morgan fingerprint density at radius 1 is 0.923 bits per heavy atom. The topological polar surface area (TPSA) is 76.0 Å². The summed E-state index contributed by atoms with van der Waals surface area (Å²) in [6.45, 7) is 1.33. The Kier molecular flexibility index (Phi) is 5.98. The lowest BCUT2D eigenvalue weighted by molar-refractivity contribution is -0.125. The summed E-state index contributed by atoms with van der Waals surface area (Å²) >= 11 is 0. The van der Waals surface area contributed by atoms with E-state index in [9.17, 15) is 9.59 Å². The summed E-state index contributed by atoms with van der Waals surface area (Å²) in [6, 6.07) is 17.4. The van der Waals surface area contributed by atoms with Crippen LogP contribution in [0.5, 0.6) is 0 Å². The highest BCUT2D eigenvalue weighted by atomic mass is 16.2. The monoisotopic (exact) mass is 350 g/mol. The number of hydrogen-bond acceptors (Lipinski definition) is 3. The molecule has 0 atom stereocenters. The molecule has 3 rings (SSSR count). The minimum atomic E-state index is -0.179. The van der Waals surface area contributed by atoms with E-state index in [1.165, 1.54) is 0 Å². The van der Waals surface area contributed by atoms with Crippen molar-refractivity contribution in [3.05, 3.63) is 66.5 Å². The first kappa shape index (κ1) is 17.7. The van der Waals surface area contributed by atoms with E-state index in [1.807, 2.05) is 60.9 Å². The second kappa shape index (κ2) is 8.80. The number of hydrogen-bond donors (Lipinski definition) is 2. The number of aromatic nitrogens is 2. The van der Waals surface area contributed by atoms with E-state index in [0.717, 1.165) is 29.6 Å². The zero-order valence-electron chi connectivity index (χ0n) is 14.5. The lowest BCUT2D eigenvalue weighted by Gasteiger charge is -2.08. The van der Waals surface area contributed by atoms with Crippen LogP contribution in [0.2, 0.25) is 0 Å². The van der Waals surface area contributed by atoms with Crippen molar-refractivity contribution in [2.75, 3.05) is 13.1 Å². The van der Waals surface area contributed by atoms with E-state index < -0.39 is 0 Å². The number of nitrogens with one attached hydrogen (secondary N) is 2. The first-order valence-electron chi connectivity index (χ1n) is 8.69. The molecule has 1 heterocycles. The largest absolute Gasteiger partial charge is 0.355 e. The SMILES string of the molecule is O=C(CNC(=O)Cc1ccccc1)NCCCn1cnc2ccccc21. The molecule has 0 saturated carbocycles. The number of rotatable bonds is 8. The fourth-order valence-electron chi connectivity index (χ4n) is 2.75. The van der Waals surface area contributed by atoms with E-state index in [0.29, 0.717) is 6.54 Å². The van der Waals surface area contributed by atoms with Gasteiger partial charge < -0.3 is 15.2 Å². The quantitative estimate of drug-likeness (QED) is 0.609. The van der Waals surface area contributed by atoms with Crippen molar-refractivity contribution >= 4 is 22.8 Å². The van der Waals surface area contributed by atoms with Crippen LogP contribution in [-0.2, 0) is 22.6 Å². The molecule has 0 unspecified atom stereocenters. The van der Waals surface area contributed by atoms with E-state index in [1.54, 1.807) is 0 Å². The maximum atomic E-state index is 11.8. The number of fused-ring (bicyclic) bond motifs is 1. The van der Waals surface area contributed by atoms with Gasteiger partial charge in [-0.05, 0) is 24.1 Å². The number of carbonyl (C=O) groups excluding carboxylic acids is 2. The summed E-state index contributed by atoms with van der Waals surface area (Å²) in [5, 5.41) is 5.47. The molecule has 0 spiro atoms. The number of nitrogens with zero attached hydrogens (tertiary/aromatic N) is 2. The van der Waals surface area contributed by atoms with Gasteiger partial charge in [0.25, 0.3) is 0 Å². The molecule has 2 aromatic carbocycles. The lowest BCUT2D eigenvalue weighted by Crippen LogP contribution is -2.38. The number of carbonyl (C=O) groups is 2. The van der Waals surface area contributed by atoms with Crippen LogP contribution in [-0.4, -0.2) is 34.5 Å². The average Bonchev–Trinajstić information content (AvgIpc) is 3.08. The Bertz CT molecular complexity index is 874. The van der Waals surface area contributed by atoms with Crippen molar-refractivity contribution < 1.29 is 9.59 Å². The van der Waals surface area contributed by atoms with Crippen molar-refractivity contribution in [3.63, 3.8) is 0 Å². The van der Waals surface area contributed by atoms with Crippen LogP contribution >= 0.6 is 0 Å². The smallest absolute Gasteiger partial charge is 0.239 e. The van der Waals surface area contributed by atoms with Crippen molar-refractivity contribution in [3.8, 4) is 0 Å². The Labute approximate surface area is 152 Å². The number of para-hydroxylation sites is 2. The fourth-order valence-corrected chi connectivity index (χ4v) is 2.75. The van der Waals surface area contributed by atoms with Crippen LogP contribution < -0.4 is 10.6 Å². The predicted octanol–water partition coefficient (Wildman–Crippen LogP) is 1.90. The van der Waals surface area contributed by atoms with E-state index in [4.69, 9.17) is 0 Å². The van der Waals surface area contributed by atoms with Gasteiger partial charge in [-0.25, -0.2) is 4.98 Å². The predicted molar refractivity (Wildman–Crippen MR) is 101 cm³/mol. The molecule has 134 valence electrons. The lowest BCUT2D eigenvalue weighted by atomic mass is 10.1. The van der Waals surface area contributed by atoms with Crippen molar-refractivity contribution in [2.24, 2.45) is 0 Å². The zero-order chi connectivity index (χ0) is 18.2. The number of amides is 2. The molecule has 0 aliphatic heterocycles. The van der Waals surface area contributed by atoms with Gasteiger partial charge in [0.1, 0.15) is 0 Å². The third kappa shape index (κ3) is 4.92. The maximum absolute atomic E-state index is 11.8. The minimum Gasteiger partial charge on any atom is -0.355 e. The Morgan fingerprint density at radius 3 is 2.54 bits per heavy atom. The van der Waals surface area contributed by atoms with Crippen LogP contribution in [0.15, 0.2) is 60.9 Å². The van der Waals surface area contributed by atoms with Crippen LogP contribution in [0.25, 0.3) is 11.0 Å². The molecule has 0 bridgehead atoms. The van der Waals surface area contributed by atoms with Gasteiger partial charge in [0, 0.05) is 13.1 Å². The molecule has 6 nitrogen and oxygen atoms in total. The number of benzene rings is 2. The van der Waals surface area contributed by atoms with Gasteiger partial charge in [0.05, 0.1) is 30.3 Å². The molecule has 1 aromatic heterocycles. The molecular weight excluding hydrogens is 328 g/mol. The number of aryl methyl sites for hydroxylation is 1. The van der Waals surface area contributed by atoms with E-state index in [2.05, 4.69) is 20.2 Å². The molecule has 26 heavy (non-hydrogen) atoms. The summed E-state index contributed by atoms with van der Waals surface area (Å²) in [5.41, 5.74) is 2.99. The molecule has 0 fully saturated rings. The molecule has 6 heteroatoms. The second-order valence-electron chi connectivity index (χ2n) is 6.07. The Hall–Kier alpha value is -3.15. The summed E-state index contributed by atoms with van der Waals surface area (Å²) in [5.74, 6) is -0.335. The standard InChI is InChI=1S/C20H22N4O2/c25-19(13-16-7-2-1-3-8-16)22-14-20(26)21-11-6-12-24-15-23-17-9-4-5-10-18(17)24/h1-5,7-10,15H,6,11-14H2,(H,21,26)(H,22,25). The number of imidazole rings is 1. The highest BCUT2D eigenvalue weighted by Crippen LogP contribution is 2.11. The summed E-state index contributed by atoms with van der Waals surface area (Å²) < 4.78 is 2.07. The summed E-state index contributed by atoms with van der Waals surface area (Å²) in [4.78, 5) is 28.0. The van der Waals surface area contributed by atoms with Gasteiger partial charge in [-0.15, -0.1) is 0 Å². The molecule has 0 aliphatic rings. The van der Waals surface area contributed by atoms with Gasteiger partial charge in [-0.2, -0.15) is 0 Å². The molecule has 2 N–H and O–H groups in total. The van der Waals surface area contributed by atoms with Crippen LogP contribution in [0.1, 0.15) is 12.0 Å². The molecule has 0 aliphatic carbocycles. The first-order valence-corrected chi connectivity index (χ1v) is 8.69. The molecule has 0 radical (unpaired) electrons. The van der Waals surface area contributed by atoms with Gasteiger partial charge >= 0.3 is 0 Å². The maximum Gasteiger partial charge on any atom is 0.239 e. The second-order valence-corrected chi connectivity index (χ2v) is 6.07. The minimum absolute atomic E-state index is 0.000324. The Balaban J connectivity index is 1.33. The van der Waals surface area contributed by atoms with Crippen molar-refractivity contribution in [1.29, 1.82) is 0 Å². The van der Waals surface area contributed by atoms with Crippen LogP contribution in [0.3, 0.4) is 0 Å². The zero-order valence-corrected chi connectivity index (χ0v) is 14.5. The molecule has 3 aromatic rings.